The molecule has 0 amide bonds. The van der Waals surface area contributed by atoms with Gasteiger partial charge in [-0.2, -0.15) is 9.29 Å². The first-order valence-corrected chi connectivity index (χ1v) is 12.2. The zero-order valence-electron chi connectivity index (χ0n) is 18.8. The number of rotatable bonds is 6. The van der Waals surface area contributed by atoms with Gasteiger partial charge in [0.1, 0.15) is 0 Å². The van der Waals surface area contributed by atoms with Gasteiger partial charge >= 0.3 is 5.97 Å². The van der Waals surface area contributed by atoms with Gasteiger partial charge in [0.25, 0.3) is 5.89 Å². The highest BCUT2D eigenvalue weighted by atomic mass is 32.2. The molecule has 1 aromatic carbocycles. The Kier molecular flexibility index (Phi) is 6.57. The molecule has 33 heavy (non-hydrogen) atoms. The van der Waals surface area contributed by atoms with Gasteiger partial charge in [0.05, 0.1) is 10.8 Å². The van der Waals surface area contributed by atoms with Crippen molar-refractivity contribution in [1.82, 2.24) is 19.4 Å². The Morgan fingerprint density at radius 1 is 1.18 bits per heavy atom. The summed E-state index contributed by atoms with van der Waals surface area (Å²) in [6, 6.07) is 7.32. The molecule has 9 nitrogen and oxygen atoms in total. The van der Waals surface area contributed by atoms with Crippen LogP contribution in [0.15, 0.2) is 46.1 Å². The van der Waals surface area contributed by atoms with Crippen molar-refractivity contribution in [3.05, 3.63) is 59.2 Å². The first-order chi connectivity index (χ1) is 15.8. The van der Waals surface area contributed by atoms with Gasteiger partial charge in [0.2, 0.25) is 15.8 Å². The lowest BCUT2D eigenvalue weighted by atomic mass is 9.98. The van der Waals surface area contributed by atoms with Crippen molar-refractivity contribution in [3.8, 4) is 11.4 Å². The number of carbonyl (C=O) groups excluding carboxylic acids is 1. The molecular formula is C23H26N4O5S. The van der Waals surface area contributed by atoms with E-state index in [1.165, 1.54) is 4.31 Å². The summed E-state index contributed by atoms with van der Waals surface area (Å²) in [4.78, 5) is 21.1. The molecule has 2 aromatic heterocycles. The van der Waals surface area contributed by atoms with Gasteiger partial charge in [0, 0.05) is 31.0 Å². The molecule has 174 valence electrons. The predicted octanol–water partition coefficient (Wildman–Crippen LogP) is 3.20. The van der Waals surface area contributed by atoms with Crippen LogP contribution in [-0.2, 0) is 26.2 Å². The van der Waals surface area contributed by atoms with Crippen LogP contribution in [0, 0.1) is 26.7 Å². The maximum Gasteiger partial charge on any atom is 0.309 e. The summed E-state index contributed by atoms with van der Waals surface area (Å²) in [6.45, 7) is 5.97. The van der Waals surface area contributed by atoms with Gasteiger partial charge in [-0.25, -0.2) is 8.42 Å². The molecule has 0 N–H and O–H groups in total. The third kappa shape index (κ3) is 4.96. The van der Waals surface area contributed by atoms with Crippen molar-refractivity contribution in [2.45, 2.75) is 45.1 Å². The van der Waals surface area contributed by atoms with E-state index < -0.39 is 16.0 Å². The second-order valence-corrected chi connectivity index (χ2v) is 10.1. The molecule has 1 fully saturated rings. The molecule has 0 radical (unpaired) electrons. The quantitative estimate of drug-likeness (QED) is 0.505. The monoisotopic (exact) mass is 470 g/mol. The van der Waals surface area contributed by atoms with E-state index in [0.29, 0.717) is 29.1 Å². The summed E-state index contributed by atoms with van der Waals surface area (Å²) < 4.78 is 38.4. The number of piperidine rings is 1. The zero-order valence-corrected chi connectivity index (χ0v) is 19.6. The van der Waals surface area contributed by atoms with Crippen molar-refractivity contribution in [3.63, 3.8) is 0 Å². The van der Waals surface area contributed by atoms with E-state index in [-0.39, 0.29) is 31.5 Å². The van der Waals surface area contributed by atoms with Crippen molar-refractivity contribution in [2.75, 3.05) is 13.1 Å². The number of pyridine rings is 1. The lowest BCUT2D eigenvalue weighted by Gasteiger charge is -2.31. The van der Waals surface area contributed by atoms with Crippen LogP contribution >= 0.6 is 0 Å². The molecule has 1 saturated heterocycles. The maximum atomic E-state index is 13.2. The number of hydrogen-bond acceptors (Lipinski definition) is 8. The molecule has 0 spiro atoms. The summed E-state index contributed by atoms with van der Waals surface area (Å²) in [7, 11) is -3.63. The highest BCUT2D eigenvalue weighted by Crippen LogP contribution is 2.29. The topological polar surface area (TPSA) is 115 Å². The fourth-order valence-electron chi connectivity index (χ4n) is 4.21. The Hall–Kier alpha value is -3.11. The first-order valence-electron chi connectivity index (χ1n) is 10.7. The van der Waals surface area contributed by atoms with Crippen molar-refractivity contribution in [1.29, 1.82) is 0 Å². The average molecular weight is 471 g/mol. The van der Waals surface area contributed by atoms with Crippen LogP contribution in [0.4, 0.5) is 0 Å². The van der Waals surface area contributed by atoms with Crippen LogP contribution in [0.1, 0.15) is 35.4 Å². The van der Waals surface area contributed by atoms with E-state index >= 15 is 0 Å². The number of nitrogens with zero attached hydrogens (tertiary/aromatic N) is 4. The Labute approximate surface area is 192 Å². The highest BCUT2D eigenvalue weighted by molar-refractivity contribution is 7.89. The molecule has 0 bridgehead atoms. The number of esters is 1. The molecular weight excluding hydrogens is 444 g/mol. The molecule has 10 heteroatoms. The highest BCUT2D eigenvalue weighted by Gasteiger charge is 2.34. The van der Waals surface area contributed by atoms with Gasteiger partial charge in [-0.05, 0) is 56.9 Å². The Bertz CT molecular complexity index is 1230. The fourth-order valence-corrected chi connectivity index (χ4v) is 6.09. The fraction of sp³-hybridized carbons (Fsp3) is 0.391. The number of benzene rings is 1. The summed E-state index contributed by atoms with van der Waals surface area (Å²) in [6.07, 6.45) is 4.05. The normalized spacial score (nSPS) is 15.5. The van der Waals surface area contributed by atoms with Crippen LogP contribution in [0.25, 0.3) is 11.4 Å². The molecule has 3 heterocycles. The first kappa shape index (κ1) is 23.1. The van der Waals surface area contributed by atoms with Gasteiger partial charge in [0.15, 0.2) is 6.61 Å². The van der Waals surface area contributed by atoms with E-state index in [9.17, 15) is 13.2 Å². The lowest BCUT2D eigenvalue weighted by Crippen LogP contribution is -2.41. The van der Waals surface area contributed by atoms with Crippen molar-refractivity contribution in [2.24, 2.45) is 5.92 Å². The number of carbonyl (C=O) groups is 1. The maximum absolute atomic E-state index is 13.2. The smallest absolute Gasteiger partial charge is 0.309 e. The standard InChI is InChI=1S/C23H26N4O5S/c1-15-11-16(2)21(17(3)12-15)33(29,30)27-9-6-18(7-10-27)23(28)31-14-20-25-22(26-32-20)19-5-4-8-24-13-19/h4-5,8,11-13,18H,6-7,9-10,14H2,1-3H3. The lowest BCUT2D eigenvalue weighted by molar-refractivity contribution is -0.152. The van der Waals surface area contributed by atoms with E-state index in [2.05, 4.69) is 15.1 Å². The van der Waals surface area contributed by atoms with Crippen LogP contribution in [0.2, 0.25) is 0 Å². The van der Waals surface area contributed by atoms with E-state index in [1.54, 1.807) is 24.5 Å². The Balaban J connectivity index is 1.34. The number of aromatic nitrogens is 3. The molecule has 4 rings (SSSR count). The minimum atomic E-state index is -3.63. The summed E-state index contributed by atoms with van der Waals surface area (Å²) in [5.41, 5.74) is 3.20. The summed E-state index contributed by atoms with van der Waals surface area (Å²) >= 11 is 0. The zero-order chi connectivity index (χ0) is 23.6. The number of sulfonamides is 1. The van der Waals surface area contributed by atoms with Gasteiger partial charge in [-0.1, -0.05) is 22.9 Å². The number of ether oxygens (including phenoxy) is 1. The minimum absolute atomic E-state index is 0.133. The molecule has 0 unspecified atom stereocenters. The van der Waals surface area contributed by atoms with Crippen LogP contribution < -0.4 is 0 Å². The molecule has 1 aliphatic heterocycles. The van der Waals surface area contributed by atoms with E-state index in [0.717, 1.165) is 16.7 Å². The summed E-state index contributed by atoms with van der Waals surface area (Å²) in [5.74, 6) is -0.213. The van der Waals surface area contributed by atoms with E-state index in [1.807, 2.05) is 32.9 Å². The number of aryl methyl sites for hydroxylation is 3. The van der Waals surface area contributed by atoms with Gasteiger partial charge in [-0.3, -0.25) is 9.78 Å². The van der Waals surface area contributed by atoms with E-state index in [4.69, 9.17) is 9.26 Å². The second-order valence-electron chi connectivity index (χ2n) is 8.27. The van der Waals surface area contributed by atoms with Crippen molar-refractivity contribution < 1.29 is 22.5 Å². The van der Waals surface area contributed by atoms with Gasteiger partial charge in [-0.15, -0.1) is 0 Å². The molecule has 1 aliphatic rings. The third-order valence-electron chi connectivity index (χ3n) is 5.72. The summed E-state index contributed by atoms with van der Waals surface area (Å²) in [5, 5.41) is 3.87. The minimum Gasteiger partial charge on any atom is -0.455 e. The molecule has 3 aromatic rings. The predicted molar refractivity (Wildman–Crippen MR) is 119 cm³/mol. The van der Waals surface area contributed by atoms with Crippen LogP contribution in [0.5, 0.6) is 0 Å². The molecule has 0 atom stereocenters. The Morgan fingerprint density at radius 2 is 1.88 bits per heavy atom. The van der Waals surface area contributed by atoms with Crippen LogP contribution in [-0.4, -0.2) is 46.9 Å². The third-order valence-corrected chi connectivity index (χ3v) is 7.92. The van der Waals surface area contributed by atoms with Gasteiger partial charge < -0.3 is 9.26 Å². The largest absolute Gasteiger partial charge is 0.455 e. The molecule has 0 saturated carbocycles. The number of hydrogen-bond donors (Lipinski definition) is 0. The SMILES string of the molecule is Cc1cc(C)c(S(=O)(=O)N2CCC(C(=O)OCc3nc(-c4cccnc4)no3)CC2)c(C)c1. The second kappa shape index (κ2) is 9.40. The Morgan fingerprint density at radius 3 is 2.52 bits per heavy atom. The van der Waals surface area contributed by atoms with Crippen LogP contribution in [0.3, 0.4) is 0 Å². The van der Waals surface area contributed by atoms with Crippen molar-refractivity contribution >= 4 is 16.0 Å². The molecule has 0 aliphatic carbocycles. The average Bonchev–Trinajstić information content (AvgIpc) is 3.26.